The molecule has 1 aliphatic heterocycles. The van der Waals surface area contributed by atoms with Crippen LogP contribution in [0.4, 0.5) is 10.5 Å². The van der Waals surface area contributed by atoms with Gasteiger partial charge in [-0.3, -0.25) is 4.68 Å². The first kappa shape index (κ1) is 36.4. The number of carbonyl (C=O) groups excluding carboxylic acids is 1. The normalized spacial score (nSPS) is 13.4. The number of carboxylic acid groups (broad SMARTS) is 1. The van der Waals surface area contributed by atoms with Gasteiger partial charge in [0, 0.05) is 66.5 Å². The van der Waals surface area contributed by atoms with Crippen LogP contribution in [-0.4, -0.2) is 75.2 Å². The fourth-order valence-corrected chi connectivity index (χ4v) is 7.18. The number of aryl methyl sites for hydroxylation is 2. The van der Waals surface area contributed by atoms with E-state index in [1.807, 2.05) is 112 Å². The number of aromatic amines is 1. The Bertz CT molecular complexity index is 2290. The number of carboxylic acids is 1. The minimum atomic E-state index is -0.998. The number of nitrogens with zero attached hydrogens (tertiary/aromatic N) is 4. The maximum atomic E-state index is 12.5. The van der Waals surface area contributed by atoms with E-state index < -0.39 is 11.6 Å². The smallest absolute Gasteiger partial charge is 0.410 e. The van der Waals surface area contributed by atoms with Crippen LogP contribution in [0.3, 0.4) is 0 Å². The molecule has 1 saturated heterocycles. The molecular weight excluding hydrogens is 683 g/mol. The van der Waals surface area contributed by atoms with Crippen LogP contribution in [0.1, 0.15) is 54.6 Å². The second-order valence-electron chi connectivity index (χ2n) is 14.7. The fraction of sp³-hybridized carbons (Fsp3) is 0.326. The summed E-state index contributed by atoms with van der Waals surface area (Å²) < 4.78 is 19.8. The molecule has 0 radical (unpaired) electrons. The van der Waals surface area contributed by atoms with Crippen LogP contribution in [0.5, 0.6) is 11.5 Å². The van der Waals surface area contributed by atoms with E-state index in [4.69, 9.17) is 19.3 Å². The summed E-state index contributed by atoms with van der Waals surface area (Å²) >= 11 is 0. The van der Waals surface area contributed by atoms with Crippen molar-refractivity contribution < 1.29 is 28.9 Å². The molecule has 11 heteroatoms. The zero-order valence-electron chi connectivity index (χ0n) is 31.5. The molecule has 1 amide bonds. The second-order valence-corrected chi connectivity index (χ2v) is 14.7. The molecule has 1 fully saturated rings. The van der Waals surface area contributed by atoms with Crippen LogP contribution in [-0.2, 0) is 24.8 Å². The Labute approximate surface area is 315 Å². The number of para-hydroxylation sites is 1. The minimum Gasteiger partial charge on any atom is -0.493 e. The van der Waals surface area contributed by atoms with Crippen molar-refractivity contribution in [1.29, 1.82) is 0 Å². The molecule has 11 nitrogen and oxygen atoms in total. The summed E-state index contributed by atoms with van der Waals surface area (Å²) in [6.45, 7) is 10.9. The van der Waals surface area contributed by atoms with E-state index in [2.05, 4.69) is 22.0 Å². The highest BCUT2D eigenvalue weighted by molar-refractivity contribution is 6.03. The highest BCUT2D eigenvalue weighted by Gasteiger charge is 2.27. The molecule has 0 saturated carbocycles. The van der Waals surface area contributed by atoms with Crippen molar-refractivity contribution in [2.24, 2.45) is 7.05 Å². The molecular formula is C43H47N5O6. The first-order valence-electron chi connectivity index (χ1n) is 18.4. The molecule has 7 rings (SSSR count). The third-order valence-electron chi connectivity index (χ3n) is 9.92. The number of aromatic nitrogens is 3. The maximum absolute atomic E-state index is 12.5. The number of anilines is 1. The van der Waals surface area contributed by atoms with Crippen molar-refractivity contribution in [3.63, 3.8) is 0 Å². The number of benzene rings is 4. The van der Waals surface area contributed by atoms with E-state index in [0.717, 1.165) is 61.2 Å². The molecule has 280 valence electrons. The van der Waals surface area contributed by atoms with Gasteiger partial charge in [-0.15, -0.1) is 0 Å². The van der Waals surface area contributed by atoms with Crippen LogP contribution in [0.25, 0.3) is 32.8 Å². The molecule has 0 aliphatic carbocycles. The van der Waals surface area contributed by atoms with E-state index in [1.54, 1.807) is 4.90 Å². The predicted octanol–water partition coefficient (Wildman–Crippen LogP) is 8.38. The Morgan fingerprint density at radius 1 is 0.870 bits per heavy atom. The van der Waals surface area contributed by atoms with Crippen LogP contribution < -0.4 is 14.4 Å². The number of amides is 1. The van der Waals surface area contributed by atoms with Crippen molar-refractivity contribution in [2.75, 3.05) is 37.7 Å². The summed E-state index contributed by atoms with van der Waals surface area (Å²) in [6, 6.07) is 28.0. The fourth-order valence-electron chi connectivity index (χ4n) is 7.18. The summed E-state index contributed by atoms with van der Waals surface area (Å²) in [4.78, 5) is 32.3. The molecule has 0 bridgehead atoms. The molecule has 0 unspecified atom stereocenters. The lowest BCUT2D eigenvalue weighted by Crippen LogP contribution is -2.50. The standard InChI is InChI=1S/C43H47N5O6/c1-28-38(36(45-46(28)5)27-53-31-20-18-30(19-21-31)47-22-24-48(25-23-47)42(51)54-43(2,3)4)35-15-9-14-33-34(40(41(49)50)44-39(33)35)16-10-26-52-37-17-8-12-29-11-6-7-13-32(29)37/h6-9,11-15,17-21,44H,10,16,22-27H2,1-5H3,(H,49,50). The van der Waals surface area contributed by atoms with Crippen molar-refractivity contribution >= 4 is 39.4 Å². The Morgan fingerprint density at radius 2 is 1.57 bits per heavy atom. The number of H-pyrrole nitrogens is 1. The molecule has 3 heterocycles. The molecule has 0 atom stereocenters. The highest BCUT2D eigenvalue weighted by atomic mass is 16.6. The van der Waals surface area contributed by atoms with Gasteiger partial charge in [-0.1, -0.05) is 54.6 Å². The highest BCUT2D eigenvalue weighted by Crippen LogP contribution is 2.36. The summed E-state index contributed by atoms with van der Waals surface area (Å²) in [7, 11) is 1.90. The van der Waals surface area contributed by atoms with Crippen LogP contribution in [0.2, 0.25) is 0 Å². The molecule has 4 aromatic carbocycles. The lowest BCUT2D eigenvalue weighted by molar-refractivity contribution is 0.0240. The summed E-state index contributed by atoms with van der Waals surface area (Å²) in [5.74, 6) is 0.530. The van der Waals surface area contributed by atoms with E-state index in [0.29, 0.717) is 51.4 Å². The van der Waals surface area contributed by atoms with Gasteiger partial charge in [0.05, 0.1) is 12.1 Å². The number of rotatable bonds is 11. The van der Waals surface area contributed by atoms with E-state index in [9.17, 15) is 14.7 Å². The van der Waals surface area contributed by atoms with Crippen molar-refractivity contribution in [3.8, 4) is 22.6 Å². The number of aromatic carboxylic acids is 1. The van der Waals surface area contributed by atoms with Crippen molar-refractivity contribution in [1.82, 2.24) is 19.7 Å². The Morgan fingerprint density at radius 3 is 2.31 bits per heavy atom. The number of carbonyl (C=O) groups is 2. The molecule has 1 aliphatic rings. The summed E-state index contributed by atoms with van der Waals surface area (Å²) in [6.07, 6.45) is 0.906. The third-order valence-corrected chi connectivity index (χ3v) is 9.92. The van der Waals surface area contributed by atoms with Gasteiger partial charge in [0.15, 0.2) is 0 Å². The third kappa shape index (κ3) is 7.71. The zero-order valence-corrected chi connectivity index (χ0v) is 31.5. The number of hydrogen-bond acceptors (Lipinski definition) is 7. The van der Waals surface area contributed by atoms with Crippen molar-refractivity contribution in [3.05, 3.63) is 108 Å². The predicted molar refractivity (Wildman–Crippen MR) is 211 cm³/mol. The van der Waals surface area contributed by atoms with Gasteiger partial charge in [0.25, 0.3) is 0 Å². The van der Waals surface area contributed by atoms with Gasteiger partial charge in [-0.2, -0.15) is 5.10 Å². The number of nitrogens with one attached hydrogen (secondary N) is 1. The number of hydrogen-bond donors (Lipinski definition) is 2. The van der Waals surface area contributed by atoms with Crippen molar-refractivity contribution in [2.45, 2.75) is 52.7 Å². The van der Waals surface area contributed by atoms with E-state index in [-0.39, 0.29) is 18.4 Å². The number of fused-ring (bicyclic) bond motifs is 2. The molecule has 54 heavy (non-hydrogen) atoms. The first-order chi connectivity index (χ1) is 26.0. The lowest BCUT2D eigenvalue weighted by Gasteiger charge is -2.36. The number of piperazine rings is 1. The molecule has 6 aromatic rings. The SMILES string of the molecule is Cc1c(-c2cccc3c(CCCOc4cccc5ccccc45)c(C(=O)O)[nH]c23)c(COc2ccc(N3CCN(C(=O)OC(C)(C)C)CC3)cc2)nn1C. The quantitative estimate of drug-likeness (QED) is 0.128. The largest absolute Gasteiger partial charge is 0.493 e. The van der Waals surface area contributed by atoms with Crippen LogP contribution in [0.15, 0.2) is 84.9 Å². The number of ether oxygens (including phenoxy) is 3. The van der Waals surface area contributed by atoms with Gasteiger partial charge >= 0.3 is 12.1 Å². The topological polar surface area (TPSA) is 122 Å². The molecule has 2 N–H and O–H groups in total. The zero-order chi connectivity index (χ0) is 38.0. The Kier molecular flexibility index (Phi) is 10.2. The van der Waals surface area contributed by atoms with Gasteiger partial charge in [-0.05, 0) is 81.8 Å². The van der Waals surface area contributed by atoms with Crippen LogP contribution in [0, 0.1) is 6.92 Å². The average Bonchev–Trinajstić information content (AvgIpc) is 3.68. The van der Waals surface area contributed by atoms with Crippen LogP contribution >= 0.6 is 0 Å². The Hall–Kier alpha value is -5.97. The maximum Gasteiger partial charge on any atom is 0.410 e. The van der Waals surface area contributed by atoms with Gasteiger partial charge in [-0.25, -0.2) is 9.59 Å². The lowest BCUT2D eigenvalue weighted by atomic mass is 9.98. The van der Waals surface area contributed by atoms with Gasteiger partial charge < -0.3 is 34.1 Å². The first-order valence-corrected chi connectivity index (χ1v) is 18.4. The van der Waals surface area contributed by atoms with E-state index >= 15 is 0 Å². The summed E-state index contributed by atoms with van der Waals surface area (Å²) in [5, 5.41) is 18.1. The monoisotopic (exact) mass is 729 g/mol. The minimum absolute atomic E-state index is 0.188. The van der Waals surface area contributed by atoms with Gasteiger partial charge in [0.2, 0.25) is 0 Å². The van der Waals surface area contributed by atoms with E-state index in [1.165, 1.54) is 0 Å². The average molecular weight is 730 g/mol. The second kappa shape index (κ2) is 15.2. The summed E-state index contributed by atoms with van der Waals surface area (Å²) in [5.41, 5.74) is 5.72. The van der Waals surface area contributed by atoms with Gasteiger partial charge in [0.1, 0.15) is 35.1 Å². The molecule has 2 aromatic heterocycles. The molecule has 0 spiro atoms. The Balaban J connectivity index is 1.04.